The van der Waals surface area contributed by atoms with Crippen LogP contribution in [0.5, 0.6) is 0 Å². The first-order valence-electron chi connectivity index (χ1n) is 17.4. The van der Waals surface area contributed by atoms with E-state index in [4.69, 9.17) is 16.3 Å². The summed E-state index contributed by atoms with van der Waals surface area (Å²) in [5.74, 6) is -0.220. The lowest BCUT2D eigenvalue weighted by Gasteiger charge is -2.36. The summed E-state index contributed by atoms with van der Waals surface area (Å²) in [6.07, 6.45) is 5.18. The van der Waals surface area contributed by atoms with Crippen molar-refractivity contribution in [1.82, 2.24) is 34.0 Å². The Morgan fingerprint density at radius 1 is 1.00 bits per heavy atom. The highest BCUT2D eigenvalue weighted by Gasteiger charge is 2.29. The van der Waals surface area contributed by atoms with Gasteiger partial charge in [0.1, 0.15) is 0 Å². The van der Waals surface area contributed by atoms with Crippen LogP contribution in [0.15, 0.2) is 48.8 Å². The summed E-state index contributed by atoms with van der Waals surface area (Å²) in [6.45, 7) is 10.1. The number of ether oxygens (including phenoxy) is 1. The molecule has 1 unspecified atom stereocenters. The summed E-state index contributed by atoms with van der Waals surface area (Å²) in [7, 11) is 7.51. The number of aromatic nitrogens is 4. The minimum Gasteiger partial charge on any atom is -0.383 e. The maximum absolute atomic E-state index is 13.4. The van der Waals surface area contributed by atoms with Crippen LogP contribution in [0.2, 0.25) is 5.02 Å². The molecule has 272 valence electrons. The molecule has 3 heterocycles. The normalized spacial score (nSPS) is 13.9. The molecular weight excluding hydrogens is 668 g/mol. The van der Waals surface area contributed by atoms with Gasteiger partial charge in [-0.05, 0) is 76.7 Å². The maximum Gasteiger partial charge on any atom is 0.291 e. The molecule has 1 aliphatic rings. The molecule has 13 heteroatoms. The SMILES string of the molecule is CCC(CCN(C)C)C(=O)N1CCN(C(=O)c2ccc(NC(=O)c3ncc(-c4ccc(-c5cnn(CCOC)c5C)cc4C)n3C)cc2Cl)CC1. The van der Waals surface area contributed by atoms with Crippen molar-refractivity contribution < 1.29 is 19.1 Å². The molecule has 5 rings (SSSR count). The van der Waals surface area contributed by atoms with Gasteiger partial charge in [0.15, 0.2) is 5.82 Å². The first-order valence-corrected chi connectivity index (χ1v) is 17.8. The number of aryl methyl sites for hydroxylation is 1. The number of nitrogens with zero attached hydrogens (tertiary/aromatic N) is 7. The van der Waals surface area contributed by atoms with Gasteiger partial charge in [0, 0.05) is 68.8 Å². The number of hydrogen-bond donors (Lipinski definition) is 1. The zero-order valence-corrected chi connectivity index (χ0v) is 31.5. The van der Waals surface area contributed by atoms with Crippen LogP contribution in [-0.4, -0.2) is 112 Å². The molecule has 4 aromatic rings. The fourth-order valence-corrected chi connectivity index (χ4v) is 6.81. The summed E-state index contributed by atoms with van der Waals surface area (Å²) in [5, 5.41) is 7.62. The molecule has 0 radical (unpaired) electrons. The Kier molecular flexibility index (Phi) is 12.3. The number of anilines is 1. The third kappa shape index (κ3) is 8.52. The summed E-state index contributed by atoms with van der Waals surface area (Å²) in [4.78, 5) is 50.0. The zero-order valence-electron chi connectivity index (χ0n) is 30.7. The van der Waals surface area contributed by atoms with Crippen molar-refractivity contribution in [3.8, 4) is 22.4 Å². The second-order valence-electron chi connectivity index (χ2n) is 13.4. The number of hydrogen-bond acceptors (Lipinski definition) is 7. The number of carbonyl (C=O) groups excluding carboxylic acids is 3. The number of piperazine rings is 1. The molecule has 51 heavy (non-hydrogen) atoms. The minimum absolute atomic E-state index is 0.0154. The molecule has 12 nitrogen and oxygen atoms in total. The third-order valence-electron chi connectivity index (χ3n) is 9.72. The average Bonchev–Trinajstić information content (AvgIpc) is 3.68. The van der Waals surface area contributed by atoms with Gasteiger partial charge in [0.2, 0.25) is 5.91 Å². The quantitative estimate of drug-likeness (QED) is 0.197. The summed E-state index contributed by atoms with van der Waals surface area (Å²) < 4.78 is 8.90. The highest BCUT2D eigenvalue weighted by Crippen LogP contribution is 2.31. The Morgan fingerprint density at radius 3 is 2.37 bits per heavy atom. The Hall–Kier alpha value is -4.52. The third-order valence-corrected chi connectivity index (χ3v) is 10.0. The lowest BCUT2D eigenvalue weighted by atomic mass is 9.99. The molecule has 2 aromatic heterocycles. The molecule has 1 saturated heterocycles. The fraction of sp³-hybridized carbons (Fsp3) is 0.447. The number of amides is 3. The second-order valence-corrected chi connectivity index (χ2v) is 13.8. The van der Waals surface area contributed by atoms with Crippen LogP contribution in [-0.2, 0) is 23.1 Å². The van der Waals surface area contributed by atoms with Crippen molar-refractivity contribution in [1.29, 1.82) is 0 Å². The second kappa shape index (κ2) is 16.7. The first kappa shape index (κ1) is 37.7. The summed E-state index contributed by atoms with van der Waals surface area (Å²) in [6, 6.07) is 11.1. The molecule has 0 aliphatic carbocycles. The van der Waals surface area contributed by atoms with Crippen LogP contribution >= 0.6 is 11.6 Å². The maximum atomic E-state index is 13.4. The highest BCUT2D eigenvalue weighted by molar-refractivity contribution is 6.34. The van der Waals surface area contributed by atoms with Crippen LogP contribution in [0, 0.1) is 19.8 Å². The van der Waals surface area contributed by atoms with E-state index in [-0.39, 0.29) is 28.6 Å². The fourth-order valence-electron chi connectivity index (χ4n) is 6.55. The van der Waals surface area contributed by atoms with E-state index in [0.29, 0.717) is 50.6 Å². The minimum atomic E-state index is -0.399. The van der Waals surface area contributed by atoms with Gasteiger partial charge in [-0.2, -0.15) is 5.10 Å². The van der Waals surface area contributed by atoms with E-state index in [1.807, 2.05) is 63.8 Å². The Bertz CT molecular complexity index is 1880. The van der Waals surface area contributed by atoms with Crippen LogP contribution in [0.25, 0.3) is 22.4 Å². The number of benzene rings is 2. The van der Waals surface area contributed by atoms with Gasteiger partial charge in [-0.15, -0.1) is 0 Å². The first-order chi connectivity index (χ1) is 24.4. The van der Waals surface area contributed by atoms with Gasteiger partial charge >= 0.3 is 0 Å². The van der Waals surface area contributed by atoms with E-state index in [1.165, 1.54) is 0 Å². The summed E-state index contributed by atoms with van der Waals surface area (Å²) in [5.41, 5.74) is 6.79. The standard InChI is InChI=1S/C38H49ClN8O4/c1-8-27(13-14-43(4)5)37(49)45-15-17-46(18-16-45)38(50)31-12-10-29(22-33(31)39)42-36(48)35-40-24-34(44(35)6)30-11-9-28(21-25(30)2)32-23-41-47(26(32)3)19-20-51-7/h9-12,21-24,27H,8,13-20H2,1-7H3,(H,42,48). The topological polar surface area (TPSA) is 118 Å². The van der Waals surface area contributed by atoms with Crippen LogP contribution in [0.4, 0.5) is 5.69 Å². The smallest absolute Gasteiger partial charge is 0.291 e. The van der Waals surface area contributed by atoms with Crippen LogP contribution < -0.4 is 5.32 Å². The van der Waals surface area contributed by atoms with Gasteiger partial charge in [0.25, 0.3) is 11.8 Å². The van der Waals surface area contributed by atoms with Crippen molar-refractivity contribution >= 4 is 35.0 Å². The van der Waals surface area contributed by atoms with Crippen LogP contribution in [0.1, 0.15) is 52.0 Å². The molecule has 0 spiro atoms. The molecular formula is C38H49ClN8O4. The van der Waals surface area contributed by atoms with Crippen molar-refractivity contribution in [3.05, 3.63) is 76.5 Å². The van der Waals surface area contributed by atoms with Crippen molar-refractivity contribution in [2.75, 3.05) is 65.9 Å². The molecule has 1 atom stereocenters. The molecule has 1 N–H and O–H groups in total. The predicted octanol–water partition coefficient (Wildman–Crippen LogP) is 5.38. The highest BCUT2D eigenvalue weighted by atomic mass is 35.5. The van der Waals surface area contributed by atoms with E-state index in [9.17, 15) is 14.4 Å². The Labute approximate surface area is 305 Å². The zero-order chi connectivity index (χ0) is 36.8. The lowest BCUT2D eigenvalue weighted by molar-refractivity contribution is -0.137. The Balaban J connectivity index is 1.21. The molecule has 3 amide bonds. The van der Waals surface area contributed by atoms with Crippen molar-refractivity contribution in [3.63, 3.8) is 0 Å². The van der Waals surface area contributed by atoms with E-state index in [2.05, 4.69) is 32.4 Å². The summed E-state index contributed by atoms with van der Waals surface area (Å²) >= 11 is 6.60. The molecule has 1 fully saturated rings. The van der Waals surface area contributed by atoms with E-state index >= 15 is 0 Å². The van der Waals surface area contributed by atoms with Crippen LogP contribution in [0.3, 0.4) is 0 Å². The van der Waals surface area contributed by atoms with E-state index in [0.717, 1.165) is 53.0 Å². The largest absolute Gasteiger partial charge is 0.383 e. The number of nitrogens with one attached hydrogen (secondary N) is 1. The number of methoxy groups -OCH3 is 1. The molecule has 2 aromatic carbocycles. The Morgan fingerprint density at radius 2 is 1.73 bits per heavy atom. The van der Waals surface area contributed by atoms with Gasteiger partial charge < -0.3 is 29.3 Å². The molecule has 0 saturated carbocycles. The predicted molar refractivity (Wildman–Crippen MR) is 200 cm³/mol. The number of rotatable bonds is 13. The van der Waals surface area contributed by atoms with Gasteiger partial charge in [-0.3, -0.25) is 19.1 Å². The molecule has 1 aliphatic heterocycles. The molecule has 0 bridgehead atoms. The van der Waals surface area contributed by atoms with E-state index < -0.39 is 5.91 Å². The van der Waals surface area contributed by atoms with E-state index in [1.54, 1.807) is 41.0 Å². The van der Waals surface area contributed by atoms with Gasteiger partial charge in [-0.1, -0.05) is 36.7 Å². The number of halogens is 1. The van der Waals surface area contributed by atoms with Crippen molar-refractivity contribution in [2.24, 2.45) is 13.0 Å². The van der Waals surface area contributed by atoms with Gasteiger partial charge in [0.05, 0.1) is 41.8 Å². The van der Waals surface area contributed by atoms with Gasteiger partial charge in [-0.25, -0.2) is 4.98 Å². The monoisotopic (exact) mass is 716 g/mol. The number of carbonyl (C=O) groups is 3. The lowest BCUT2D eigenvalue weighted by Crippen LogP contribution is -2.52. The average molecular weight is 717 g/mol. The van der Waals surface area contributed by atoms with Crippen molar-refractivity contribution in [2.45, 2.75) is 40.2 Å². The number of imidazole rings is 1.